The number of halogens is 5. The van der Waals surface area contributed by atoms with Crippen molar-refractivity contribution in [3.63, 3.8) is 0 Å². The van der Waals surface area contributed by atoms with E-state index in [4.69, 9.17) is 0 Å². The van der Waals surface area contributed by atoms with Crippen LogP contribution >= 0.6 is 0 Å². The van der Waals surface area contributed by atoms with Gasteiger partial charge in [0.2, 0.25) is 0 Å². The van der Waals surface area contributed by atoms with Gasteiger partial charge in [-0.2, -0.15) is 0 Å². The van der Waals surface area contributed by atoms with Crippen molar-refractivity contribution >= 4 is 5.69 Å². The highest BCUT2D eigenvalue weighted by Crippen LogP contribution is 2.23. The summed E-state index contributed by atoms with van der Waals surface area (Å²) in [5.74, 6) is -6.44. The van der Waals surface area contributed by atoms with E-state index in [1.807, 2.05) is 0 Å². The zero-order chi connectivity index (χ0) is 15.6. The molecule has 112 valence electrons. The zero-order valence-electron chi connectivity index (χ0n) is 10.5. The van der Waals surface area contributed by atoms with E-state index in [2.05, 4.69) is 5.32 Å². The van der Waals surface area contributed by atoms with E-state index in [1.54, 1.807) is 0 Å². The number of aliphatic hydroxyl groups excluding tert-OH is 1. The second-order valence-corrected chi connectivity index (χ2v) is 4.25. The maximum Gasteiger partial charge on any atom is 0.196 e. The van der Waals surface area contributed by atoms with Crippen LogP contribution in [0.4, 0.5) is 27.6 Å². The molecular weight excluding hydrogens is 293 g/mol. The molecule has 0 aliphatic carbocycles. The molecule has 0 amide bonds. The van der Waals surface area contributed by atoms with E-state index in [9.17, 15) is 27.1 Å². The molecule has 0 saturated heterocycles. The Kier molecular flexibility index (Phi) is 4.42. The van der Waals surface area contributed by atoms with E-state index >= 15 is 0 Å². The molecule has 0 aliphatic heterocycles. The molecule has 0 heterocycles. The average Bonchev–Trinajstić information content (AvgIpc) is 2.44. The normalized spacial score (nSPS) is 12.3. The van der Waals surface area contributed by atoms with Crippen LogP contribution in [0.25, 0.3) is 0 Å². The second-order valence-electron chi connectivity index (χ2n) is 4.25. The van der Waals surface area contributed by atoms with Gasteiger partial charge >= 0.3 is 0 Å². The molecule has 2 aromatic rings. The minimum atomic E-state index is -1.67. The minimum absolute atomic E-state index is 0.426. The van der Waals surface area contributed by atoms with Crippen LogP contribution in [-0.2, 0) is 0 Å². The summed E-state index contributed by atoms with van der Waals surface area (Å²) in [6, 6.07) is 4.65. The summed E-state index contributed by atoms with van der Waals surface area (Å²) in [4.78, 5) is 0. The third-order valence-corrected chi connectivity index (χ3v) is 2.85. The lowest BCUT2D eigenvalue weighted by molar-refractivity contribution is 0.181. The van der Waals surface area contributed by atoms with Gasteiger partial charge < -0.3 is 10.4 Å². The predicted molar refractivity (Wildman–Crippen MR) is 66.1 cm³/mol. The molecule has 2 rings (SSSR count). The largest absolute Gasteiger partial charge is 0.386 e. The van der Waals surface area contributed by atoms with Crippen LogP contribution < -0.4 is 5.32 Å². The van der Waals surface area contributed by atoms with Gasteiger partial charge in [-0.15, -0.1) is 0 Å². The topological polar surface area (TPSA) is 32.3 Å². The fourth-order valence-corrected chi connectivity index (χ4v) is 1.80. The van der Waals surface area contributed by atoms with Crippen molar-refractivity contribution in [3.8, 4) is 0 Å². The third-order valence-electron chi connectivity index (χ3n) is 2.85. The van der Waals surface area contributed by atoms with Crippen molar-refractivity contribution in [2.45, 2.75) is 6.10 Å². The SMILES string of the molecule is OC(CNc1ccc(F)c(F)c1F)c1c(F)cccc1F. The monoisotopic (exact) mass is 303 g/mol. The number of rotatable bonds is 4. The molecule has 2 nitrogen and oxygen atoms in total. The maximum absolute atomic E-state index is 13.4. The summed E-state index contributed by atoms with van der Waals surface area (Å²) in [7, 11) is 0. The van der Waals surface area contributed by atoms with Gasteiger partial charge in [0.25, 0.3) is 0 Å². The fraction of sp³-hybridized carbons (Fsp3) is 0.143. The first kappa shape index (κ1) is 15.2. The molecule has 21 heavy (non-hydrogen) atoms. The Morgan fingerprint density at radius 3 is 2.10 bits per heavy atom. The number of hydrogen-bond donors (Lipinski definition) is 2. The van der Waals surface area contributed by atoms with E-state index in [0.29, 0.717) is 6.07 Å². The Hall–Kier alpha value is -2.15. The Labute approximate surface area is 116 Å². The summed E-state index contributed by atoms with van der Waals surface area (Å²) >= 11 is 0. The lowest BCUT2D eigenvalue weighted by Gasteiger charge is -2.15. The molecule has 0 aliphatic rings. The van der Waals surface area contributed by atoms with Crippen molar-refractivity contribution < 1.29 is 27.1 Å². The predicted octanol–water partition coefficient (Wildman–Crippen LogP) is 3.53. The molecule has 1 unspecified atom stereocenters. The first-order valence-corrected chi connectivity index (χ1v) is 5.91. The Morgan fingerprint density at radius 2 is 1.48 bits per heavy atom. The summed E-state index contributed by atoms with van der Waals surface area (Å²) in [5.41, 5.74) is -1.02. The van der Waals surface area contributed by atoms with E-state index in [1.165, 1.54) is 0 Å². The van der Waals surface area contributed by atoms with Crippen LogP contribution in [0.1, 0.15) is 11.7 Å². The standard InChI is InChI=1S/C14H10F5NO/c15-7-2-1-3-8(16)12(7)11(21)6-20-10-5-4-9(17)13(18)14(10)19/h1-5,11,20-21H,6H2. The molecule has 0 fully saturated rings. The van der Waals surface area contributed by atoms with E-state index in [-0.39, 0.29) is 0 Å². The summed E-state index contributed by atoms with van der Waals surface area (Å²) < 4.78 is 65.9. The van der Waals surface area contributed by atoms with Gasteiger partial charge in [0.05, 0.1) is 11.3 Å². The van der Waals surface area contributed by atoms with Crippen LogP contribution in [0.3, 0.4) is 0 Å². The van der Waals surface area contributed by atoms with Crippen LogP contribution in [0.2, 0.25) is 0 Å². The number of anilines is 1. The van der Waals surface area contributed by atoms with Crippen molar-refractivity contribution in [1.29, 1.82) is 0 Å². The summed E-state index contributed by atoms with van der Waals surface area (Å²) in [6.45, 7) is -0.486. The molecular formula is C14H10F5NO. The molecule has 2 N–H and O–H groups in total. The van der Waals surface area contributed by atoms with Crippen molar-refractivity contribution in [3.05, 3.63) is 65.0 Å². The van der Waals surface area contributed by atoms with Crippen molar-refractivity contribution in [2.75, 3.05) is 11.9 Å². The molecule has 0 radical (unpaired) electrons. The van der Waals surface area contributed by atoms with Gasteiger partial charge in [-0.05, 0) is 24.3 Å². The minimum Gasteiger partial charge on any atom is -0.386 e. The first-order valence-electron chi connectivity index (χ1n) is 5.91. The number of nitrogens with one attached hydrogen (secondary N) is 1. The molecule has 0 aromatic heterocycles. The van der Waals surface area contributed by atoms with Gasteiger partial charge in [0, 0.05) is 6.54 Å². The highest BCUT2D eigenvalue weighted by molar-refractivity contribution is 5.45. The van der Waals surface area contributed by atoms with Gasteiger partial charge in [-0.25, -0.2) is 22.0 Å². The van der Waals surface area contributed by atoms with Gasteiger partial charge in [0.15, 0.2) is 17.5 Å². The Bertz CT molecular complexity index is 642. The highest BCUT2D eigenvalue weighted by Gasteiger charge is 2.19. The fourth-order valence-electron chi connectivity index (χ4n) is 1.80. The average molecular weight is 303 g/mol. The lowest BCUT2D eigenvalue weighted by Crippen LogP contribution is -2.16. The molecule has 0 saturated carbocycles. The highest BCUT2D eigenvalue weighted by atomic mass is 19.2. The van der Waals surface area contributed by atoms with Crippen LogP contribution in [-0.4, -0.2) is 11.7 Å². The smallest absolute Gasteiger partial charge is 0.196 e. The molecule has 0 spiro atoms. The second kappa shape index (κ2) is 6.09. The summed E-state index contributed by atoms with van der Waals surface area (Å²) in [5, 5.41) is 12.0. The third kappa shape index (κ3) is 3.13. The zero-order valence-corrected chi connectivity index (χ0v) is 10.5. The van der Waals surface area contributed by atoms with Gasteiger partial charge in [-0.1, -0.05) is 6.07 Å². The van der Waals surface area contributed by atoms with Crippen molar-refractivity contribution in [2.24, 2.45) is 0 Å². The van der Waals surface area contributed by atoms with E-state index in [0.717, 1.165) is 24.3 Å². The maximum atomic E-state index is 13.4. The van der Waals surface area contributed by atoms with Gasteiger partial charge in [-0.3, -0.25) is 0 Å². The number of benzene rings is 2. The van der Waals surface area contributed by atoms with Crippen LogP contribution in [0, 0.1) is 29.1 Å². The lowest BCUT2D eigenvalue weighted by atomic mass is 10.1. The summed E-state index contributed by atoms with van der Waals surface area (Å²) in [6.07, 6.45) is -1.63. The number of aliphatic hydroxyl groups is 1. The first-order chi connectivity index (χ1) is 9.91. The molecule has 2 aromatic carbocycles. The molecule has 7 heteroatoms. The van der Waals surface area contributed by atoms with E-state index < -0.39 is 53.0 Å². The Morgan fingerprint density at radius 1 is 0.857 bits per heavy atom. The van der Waals surface area contributed by atoms with Gasteiger partial charge in [0.1, 0.15) is 17.7 Å². The molecule has 0 bridgehead atoms. The Balaban J connectivity index is 2.15. The van der Waals surface area contributed by atoms with Crippen LogP contribution in [0.15, 0.2) is 30.3 Å². The van der Waals surface area contributed by atoms with Crippen LogP contribution in [0.5, 0.6) is 0 Å². The molecule has 1 atom stereocenters. The number of hydrogen-bond acceptors (Lipinski definition) is 2. The quantitative estimate of drug-likeness (QED) is 0.669. The van der Waals surface area contributed by atoms with Crippen molar-refractivity contribution in [1.82, 2.24) is 0 Å².